The fourth-order valence-corrected chi connectivity index (χ4v) is 3.41. The molecule has 7 nitrogen and oxygen atoms in total. The summed E-state index contributed by atoms with van der Waals surface area (Å²) in [7, 11) is 0. The van der Waals surface area contributed by atoms with Gasteiger partial charge in [0.25, 0.3) is 5.91 Å². The van der Waals surface area contributed by atoms with E-state index in [2.05, 4.69) is 25.7 Å². The van der Waals surface area contributed by atoms with E-state index in [0.29, 0.717) is 29.3 Å². The summed E-state index contributed by atoms with van der Waals surface area (Å²) in [5.74, 6) is 0.341. The van der Waals surface area contributed by atoms with Crippen molar-refractivity contribution in [3.8, 4) is 0 Å². The third kappa shape index (κ3) is 2.45. The van der Waals surface area contributed by atoms with E-state index in [1.807, 2.05) is 0 Å². The van der Waals surface area contributed by atoms with E-state index in [4.69, 9.17) is 4.74 Å². The first-order valence-corrected chi connectivity index (χ1v) is 7.84. The van der Waals surface area contributed by atoms with Gasteiger partial charge in [-0.15, -0.1) is 5.10 Å². The number of pyridine rings is 1. The molecule has 1 saturated carbocycles. The Labute approximate surface area is 127 Å². The Kier molecular flexibility index (Phi) is 3.29. The molecule has 0 radical (unpaired) electrons. The van der Waals surface area contributed by atoms with E-state index in [0.717, 1.165) is 19.4 Å². The van der Waals surface area contributed by atoms with Crippen LogP contribution in [0.3, 0.4) is 0 Å². The van der Waals surface area contributed by atoms with Crippen LogP contribution in [0.15, 0.2) is 12.1 Å². The Morgan fingerprint density at radius 2 is 2.32 bits per heavy atom. The van der Waals surface area contributed by atoms with Gasteiger partial charge in [-0.25, -0.2) is 4.98 Å². The number of amides is 1. The van der Waals surface area contributed by atoms with Crippen LogP contribution < -0.4 is 5.32 Å². The molecule has 1 saturated heterocycles. The highest BCUT2D eigenvalue weighted by atomic mass is 16.5. The van der Waals surface area contributed by atoms with Crippen molar-refractivity contribution in [1.82, 2.24) is 25.7 Å². The number of ether oxygens (including phenoxy) is 1. The lowest BCUT2D eigenvalue weighted by Gasteiger charge is -2.47. The molecular weight excluding hydrogens is 282 g/mol. The van der Waals surface area contributed by atoms with Crippen LogP contribution in [-0.2, 0) is 4.74 Å². The van der Waals surface area contributed by atoms with Crippen molar-refractivity contribution in [2.45, 2.75) is 37.7 Å². The molecule has 0 aromatic carbocycles. The summed E-state index contributed by atoms with van der Waals surface area (Å²) in [6.45, 7) is 1.49. The average Bonchev–Trinajstić information content (AvgIpc) is 2.99. The molecule has 2 fully saturated rings. The average molecular weight is 301 g/mol. The molecule has 1 unspecified atom stereocenters. The summed E-state index contributed by atoms with van der Waals surface area (Å²) in [5, 5.41) is 13.3. The van der Waals surface area contributed by atoms with Gasteiger partial charge in [-0.05, 0) is 50.2 Å². The van der Waals surface area contributed by atoms with Gasteiger partial charge in [-0.3, -0.25) is 4.79 Å². The second-order valence-electron chi connectivity index (χ2n) is 6.32. The minimum absolute atomic E-state index is 0.117. The smallest absolute Gasteiger partial charge is 0.269 e. The maximum atomic E-state index is 12.2. The SMILES string of the molecule is O=C(NCC1CCOC2(CCC2)C1)c1ccc2n[nH]nc2n1. The number of aromatic amines is 1. The van der Waals surface area contributed by atoms with Crippen LogP contribution in [-0.4, -0.2) is 45.1 Å². The second-order valence-corrected chi connectivity index (χ2v) is 6.32. The number of nitrogens with one attached hydrogen (secondary N) is 2. The molecule has 7 heteroatoms. The van der Waals surface area contributed by atoms with Crippen LogP contribution >= 0.6 is 0 Å². The maximum Gasteiger partial charge on any atom is 0.269 e. The number of H-pyrrole nitrogens is 1. The standard InChI is InChI=1S/C15H19N5O2/c21-14(12-3-2-11-13(17-12)19-20-18-11)16-9-10-4-7-22-15(8-10)5-1-6-15/h2-3,10H,1,4-9H2,(H,16,21)(H,17,18,19,20). The third-order valence-corrected chi connectivity index (χ3v) is 4.82. The normalized spacial score (nSPS) is 23.4. The van der Waals surface area contributed by atoms with Crippen molar-refractivity contribution in [2.75, 3.05) is 13.2 Å². The number of carbonyl (C=O) groups excluding carboxylic acids is 1. The first kappa shape index (κ1) is 13.6. The molecule has 1 spiro atoms. The molecule has 4 rings (SSSR count). The Hall–Kier alpha value is -2.02. The van der Waals surface area contributed by atoms with E-state index in [9.17, 15) is 4.79 Å². The summed E-state index contributed by atoms with van der Waals surface area (Å²) in [4.78, 5) is 16.4. The number of hydrogen-bond donors (Lipinski definition) is 2. The van der Waals surface area contributed by atoms with Crippen LogP contribution in [0.2, 0.25) is 0 Å². The lowest BCUT2D eigenvalue weighted by molar-refractivity contribution is -0.142. The predicted octanol–water partition coefficient (Wildman–Crippen LogP) is 1.43. The number of rotatable bonds is 3. The second kappa shape index (κ2) is 5.31. The molecule has 22 heavy (non-hydrogen) atoms. The van der Waals surface area contributed by atoms with Gasteiger partial charge in [0.1, 0.15) is 11.2 Å². The summed E-state index contributed by atoms with van der Waals surface area (Å²) in [5.41, 5.74) is 1.62. The number of carbonyl (C=O) groups is 1. The highest BCUT2D eigenvalue weighted by Crippen LogP contribution is 2.43. The van der Waals surface area contributed by atoms with Crippen molar-refractivity contribution in [1.29, 1.82) is 0 Å². The molecule has 116 valence electrons. The van der Waals surface area contributed by atoms with Crippen LogP contribution in [0.4, 0.5) is 0 Å². The zero-order valence-corrected chi connectivity index (χ0v) is 12.3. The molecule has 0 bridgehead atoms. The number of hydrogen-bond acceptors (Lipinski definition) is 5. The molecule has 1 aliphatic carbocycles. The first-order chi connectivity index (χ1) is 10.7. The molecule has 2 aliphatic rings. The van der Waals surface area contributed by atoms with Gasteiger partial charge in [-0.1, -0.05) is 0 Å². The highest BCUT2D eigenvalue weighted by Gasteiger charge is 2.42. The van der Waals surface area contributed by atoms with Crippen LogP contribution in [0, 0.1) is 5.92 Å². The molecule has 1 atom stereocenters. The van der Waals surface area contributed by atoms with Crippen molar-refractivity contribution >= 4 is 17.1 Å². The number of fused-ring (bicyclic) bond motifs is 1. The van der Waals surface area contributed by atoms with E-state index in [1.165, 1.54) is 19.3 Å². The minimum Gasteiger partial charge on any atom is -0.375 e. The Balaban J connectivity index is 1.37. The molecule has 3 heterocycles. The topological polar surface area (TPSA) is 92.8 Å². The minimum atomic E-state index is -0.154. The van der Waals surface area contributed by atoms with Gasteiger partial charge in [0.05, 0.1) is 5.60 Å². The van der Waals surface area contributed by atoms with Gasteiger partial charge in [-0.2, -0.15) is 10.3 Å². The van der Waals surface area contributed by atoms with Crippen molar-refractivity contribution < 1.29 is 9.53 Å². The number of nitrogens with zero attached hydrogens (tertiary/aromatic N) is 3. The molecule has 2 N–H and O–H groups in total. The Bertz CT molecular complexity index is 694. The van der Waals surface area contributed by atoms with Crippen LogP contribution in [0.25, 0.3) is 11.2 Å². The summed E-state index contributed by atoms with van der Waals surface area (Å²) < 4.78 is 5.92. The number of aromatic nitrogens is 4. The molecular formula is C15H19N5O2. The maximum absolute atomic E-state index is 12.2. The summed E-state index contributed by atoms with van der Waals surface area (Å²) >= 11 is 0. The van der Waals surface area contributed by atoms with E-state index in [-0.39, 0.29) is 11.5 Å². The molecule has 1 aliphatic heterocycles. The monoisotopic (exact) mass is 301 g/mol. The van der Waals surface area contributed by atoms with E-state index >= 15 is 0 Å². The van der Waals surface area contributed by atoms with Crippen molar-refractivity contribution in [3.05, 3.63) is 17.8 Å². The van der Waals surface area contributed by atoms with Crippen LogP contribution in [0.5, 0.6) is 0 Å². The van der Waals surface area contributed by atoms with Gasteiger partial charge in [0, 0.05) is 13.2 Å². The van der Waals surface area contributed by atoms with Gasteiger partial charge >= 0.3 is 0 Å². The Morgan fingerprint density at radius 3 is 3.14 bits per heavy atom. The highest BCUT2D eigenvalue weighted by molar-refractivity contribution is 5.93. The first-order valence-electron chi connectivity index (χ1n) is 7.84. The fraction of sp³-hybridized carbons (Fsp3) is 0.600. The van der Waals surface area contributed by atoms with Crippen LogP contribution in [0.1, 0.15) is 42.6 Å². The lowest BCUT2D eigenvalue weighted by atomic mass is 9.72. The third-order valence-electron chi connectivity index (χ3n) is 4.82. The van der Waals surface area contributed by atoms with Crippen molar-refractivity contribution in [2.24, 2.45) is 5.92 Å². The van der Waals surface area contributed by atoms with Crippen molar-refractivity contribution in [3.63, 3.8) is 0 Å². The largest absolute Gasteiger partial charge is 0.375 e. The van der Waals surface area contributed by atoms with E-state index in [1.54, 1.807) is 12.1 Å². The quantitative estimate of drug-likeness (QED) is 0.894. The van der Waals surface area contributed by atoms with Gasteiger partial charge < -0.3 is 10.1 Å². The fourth-order valence-electron chi connectivity index (χ4n) is 3.41. The Morgan fingerprint density at radius 1 is 1.41 bits per heavy atom. The van der Waals surface area contributed by atoms with Gasteiger partial charge in [0.15, 0.2) is 0 Å². The zero-order valence-electron chi connectivity index (χ0n) is 12.3. The zero-order chi connectivity index (χ0) is 15.0. The summed E-state index contributed by atoms with van der Waals surface area (Å²) in [6, 6.07) is 3.43. The lowest BCUT2D eigenvalue weighted by Crippen LogP contribution is -2.47. The molecule has 1 amide bonds. The molecule has 2 aromatic rings. The molecule has 2 aromatic heterocycles. The van der Waals surface area contributed by atoms with Gasteiger partial charge in [0.2, 0.25) is 5.65 Å². The predicted molar refractivity (Wildman–Crippen MR) is 79.3 cm³/mol. The van der Waals surface area contributed by atoms with E-state index < -0.39 is 0 Å². The summed E-state index contributed by atoms with van der Waals surface area (Å²) in [6.07, 6.45) is 5.67.